The molecule has 1 aromatic carbocycles. The van der Waals surface area contributed by atoms with Gasteiger partial charge in [-0.3, -0.25) is 4.79 Å². The van der Waals surface area contributed by atoms with Crippen LogP contribution in [0.3, 0.4) is 0 Å². The van der Waals surface area contributed by atoms with Crippen LogP contribution in [0.5, 0.6) is 0 Å². The Morgan fingerprint density at radius 3 is 2.60 bits per heavy atom. The predicted molar refractivity (Wildman–Crippen MR) is 88.5 cm³/mol. The van der Waals surface area contributed by atoms with E-state index in [0.717, 1.165) is 28.4 Å². The van der Waals surface area contributed by atoms with E-state index in [0.29, 0.717) is 6.54 Å². The third-order valence-electron chi connectivity index (χ3n) is 3.88. The van der Waals surface area contributed by atoms with Crippen molar-refractivity contribution in [1.29, 1.82) is 0 Å². The second-order valence-corrected chi connectivity index (χ2v) is 6.48. The summed E-state index contributed by atoms with van der Waals surface area (Å²) in [6, 6.07) is 5.69. The fourth-order valence-electron chi connectivity index (χ4n) is 2.67. The van der Waals surface area contributed by atoms with E-state index in [9.17, 15) is 4.79 Å². The molecule has 1 saturated carbocycles. The summed E-state index contributed by atoms with van der Waals surface area (Å²) in [7, 11) is 0. The SMILES string of the molecule is Cc1cc(Br)ccc1C(=O)NCC1(N)CCCCC1.Cl. The van der Waals surface area contributed by atoms with E-state index in [1.165, 1.54) is 19.3 Å². The number of benzene rings is 1. The number of carbonyl (C=O) groups is 1. The topological polar surface area (TPSA) is 55.1 Å². The molecule has 1 aliphatic rings. The molecule has 2 rings (SSSR count). The van der Waals surface area contributed by atoms with Crippen LogP contribution in [0.1, 0.15) is 48.0 Å². The minimum atomic E-state index is -0.211. The predicted octanol–water partition coefficient (Wildman–Crippen LogP) is 3.57. The minimum Gasteiger partial charge on any atom is -0.350 e. The van der Waals surface area contributed by atoms with Crippen molar-refractivity contribution >= 4 is 34.2 Å². The molecule has 3 nitrogen and oxygen atoms in total. The van der Waals surface area contributed by atoms with Gasteiger partial charge in [-0.05, 0) is 43.5 Å². The highest BCUT2D eigenvalue weighted by molar-refractivity contribution is 9.10. The van der Waals surface area contributed by atoms with Gasteiger partial charge in [0.2, 0.25) is 0 Å². The number of rotatable bonds is 3. The van der Waals surface area contributed by atoms with Crippen molar-refractivity contribution < 1.29 is 4.79 Å². The van der Waals surface area contributed by atoms with Crippen LogP contribution in [-0.2, 0) is 0 Å². The average molecular weight is 362 g/mol. The highest BCUT2D eigenvalue weighted by Crippen LogP contribution is 2.25. The van der Waals surface area contributed by atoms with Crippen molar-refractivity contribution in [2.24, 2.45) is 5.73 Å². The van der Waals surface area contributed by atoms with Gasteiger partial charge in [0.05, 0.1) is 0 Å². The summed E-state index contributed by atoms with van der Waals surface area (Å²) < 4.78 is 0.990. The molecule has 1 aromatic rings. The van der Waals surface area contributed by atoms with Gasteiger partial charge in [-0.1, -0.05) is 35.2 Å². The highest BCUT2D eigenvalue weighted by Gasteiger charge is 2.27. The minimum absolute atomic E-state index is 0. The highest BCUT2D eigenvalue weighted by atomic mass is 79.9. The molecule has 0 heterocycles. The molecule has 0 aliphatic heterocycles. The molecule has 0 atom stereocenters. The van der Waals surface area contributed by atoms with Crippen LogP contribution < -0.4 is 11.1 Å². The third kappa shape index (κ3) is 4.47. The normalized spacial score (nSPS) is 17.1. The average Bonchev–Trinajstić information content (AvgIpc) is 2.37. The Hall–Kier alpha value is -0.580. The van der Waals surface area contributed by atoms with E-state index in [2.05, 4.69) is 21.2 Å². The maximum absolute atomic E-state index is 12.2. The first-order valence-corrected chi connectivity index (χ1v) is 7.63. The van der Waals surface area contributed by atoms with Crippen LogP contribution in [0.25, 0.3) is 0 Å². The summed E-state index contributed by atoms with van der Waals surface area (Å²) >= 11 is 3.40. The van der Waals surface area contributed by atoms with Gasteiger partial charge in [-0.25, -0.2) is 0 Å². The standard InChI is InChI=1S/C15H21BrN2O.ClH/c1-11-9-12(16)5-6-13(11)14(19)18-10-15(17)7-3-2-4-8-15;/h5-6,9H,2-4,7-8,10,17H2,1H3,(H,18,19);1H. The van der Waals surface area contributed by atoms with Gasteiger partial charge in [0.1, 0.15) is 0 Å². The first-order valence-electron chi connectivity index (χ1n) is 6.83. The zero-order chi connectivity index (χ0) is 13.9. The first kappa shape index (κ1) is 17.5. The number of aryl methyl sites for hydroxylation is 1. The maximum Gasteiger partial charge on any atom is 0.251 e. The van der Waals surface area contributed by atoms with Gasteiger partial charge in [0.25, 0.3) is 5.91 Å². The summed E-state index contributed by atoms with van der Waals surface area (Å²) in [5.41, 5.74) is 7.81. The molecule has 1 aliphatic carbocycles. The molecule has 0 unspecified atom stereocenters. The number of hydrogen-bond acceptors (Lipinski definition) is 2. The Morgan fingerprint density at radius 2 is 2.00 bits per heavy atom. The van der Waals surface area contributed by atoms with Crippen molar-refractivity contribution in [1.82, 2.24) is 5.32 Å². The molecule has 0 bridgehead atoms. The van der Waals surface area contributed by atoms with Crippen LogP contribution in [0.15, 0.2) is 22.7 Å². The Bertz CT molecular complexity index is 473. The van der Waals surface area contributed by atoms with E-state index in [-0.39, 0.29) is 23.9 Å². The van der Waals surface area contributed by atoms with E-state index in [1.807, 2.05) is 25.1 Å². The number of halogens is 2. The van der Waals surface area contributed by atoms with Gasteiger partial charge in [-0.15, -0.1) is 12.4 Å². The van der Waals surface area contributed by atoms with Gasteiger partial charge in [0, 0.05) is 22.1 Å². The largest absolute Gasteiger partial charge is 0.350 e. The van der Waals surface area contributed by atoms with E-state index >= 15 is 0 Å². The van der Waals surface area contributed by atoms with Crippen molar-refractivity contribution in [2.45, 2.75) is 44.6 Å². The Labute approximate surface area is 135 Å². The van der Waals surface area contributed by atoms with Crippen LogP contribution in [0, 0.1) is 6.92 Å². The van der Waals surface area contributed by atoms with Crippen LogP contribution in [-0.4, -0.2) is 18.0 Å². The fraction of sp³-hybridized carbons (Fsp3) is 0.533. The van der Waals surface area contributed by atoms with Gasteiger partial charge >= 0.3 is 0 Å². The lowest BCUT2D eigenvalue weighted by Crippen LogP contribution is -2.51. The molecular weight excluding hydrogens is 340 g/mol. The van der Waals surface area contributed by atoms with Crippen LogP contribution >= 0.6 is 28.3 Å². The molecule has 3 N–H and O–H groups in total. The fourth-order valence-corrected chi connectivity index (χ4v) is 3.14. The zero-order valence-electron chi connectivity index (χ0n) is 11.7. The molecule has 0 saturated heterocycles. The van der Waals surface area contributed by atoms with Crippen LogP contribution in [0.4, 0.5) is 0 Å². The van der Waals surface area contributed by atoms with Crippen molar-refractivity contribution in [3.63, 3.8) is 0 Å². The van der Waals surface area contributed by atoms with Gasteiger partial charge in [0.15, 0.2) is 0 Å². The summed E-state index contributed by atoms with van der Waals surface area (Å²) in [6.45, 7) is 2.51. The first-order chi connectivity index (χ1) is 9.00. The lowest BCUT2D eigenvalue weighted by molar-refractivity contribution is 0.0937. The molecule has 0 aromatic heterocycles. The Kier molecular flexibility index (Phi) is 6.49. The summed E-state index contributed by atoms with van der Waals surface area (Å²) in [5, 5.41) is 2.99. The molecule has 0 radical (unpaired) electrons. The molecule has 20 heavy (non-hydrogen) atoms. The lowest BCUT2D eigenvalue weighted by atomic mass is 9.82. The molecule has 1 fully saturated rings. The van der Waals surface area contributed by atoms with Crippen molar-refractivity contribution in [2.75, 3.05) is 6.54 Å². The molecule has 0 spiro atoms. The lowest BCUT2D eigenvalue weighted by Gasteiger charge is -2.33. The summed E-state index contributed by atoms with van der Waals surface area (Å²) in [5.74, 6) is -0.0274. The van der Waals surface area contributed by atoms with E-state index in [1.54, 1.807) is 0 Å². The van der Waals surface area contributed by atoms with Crippen molar-refractivity contribution in [3.8, 4) is 0 Å². The smallest absolute Gasteiger partial charge is 0.251 e. The molecule has 112 valence electrons. The Balaban J connectivity index is 0.00000200. The van der Waals surface area contributed by atoms with Gasteiger partial charge in [-0.2, -0.15) is 0 Å². The molecule has 1 amide bonds. The maximum atomic E-state index is 12.2. The number of amides is 1. The number of carbonyl (C=O) groups excluding carboxylic acids is 1. The third-order valence-corrected chi connectivity index (χ3v) is 4.38. The van der Waals surface area contributed by atoms with Crippen LogP contribution in [0.2, 0.25) is 0 Å². The second kappa shape index (κ2) is 7.43. The Morgan fingerprint density at radius 1 is 1.35 bits per heavy atom. The van der Waals surface area contributed by atoms with Crippen molar-refractivity contribution in [3.05, 3.63) is 33.8 Å². The zero-order valence-corrected chi connectivity index (χ0v) is 14.1. The monoisotopic (exact) mass is 360 g/mol. The molecular formula is C15H22BrClN2O. The van der Waals surface area contributed by atoms with Gasteiger partial charge < -0.3 is 11.1 Å². The van der Waals surface area contributed by atoms with E-state index < -0.39 is 0 Å². The number of nitrogens with one attached hydrogen (secondary N) is 1. The van der Waals surface area contributed by atoms with E-state index in [4.69, 9.17) is 5.73 Å². The second-order valence-electron chi connectivity index (χ2n) is 5.56. The number of nitrogens with two attached hydrogens (primary N) is 1. The molecule has 5 heteroatoms. The number of hydrogen-bond donors (Lipinski definition) is 2. The quantitative estimate of drug-likeness (QED) is 0.864. The summed E-state index contributed by atoms with van der Waals surface area (Å²) in [6.07, 6.45) is 5.62. The summed E-state index contributed by atoms with van der Waals surface area (Å²) in [4.78, 5) is 12.2.